The first kappa shape index (κ1) is 22.6. The zero-order valence-electron chi connectivity index (χ0n) is 18.6. The number of nitrogens with zero attached hydrogens (tertiary/aromatic N) is 4. The number of rotatable bonds is 1. The van der Waals surface area contributed by atoms with E-state index < -0.39 is 36.3 Å². The molecule has 13 heteroatoms. The monoisotopic (exact) mass is 479 g/mol. The number of halogens is 1. The second-order valence-electron chi connectivity index (χ2n) is 9.14. The number of hydrogen-bond donors (Lipinski definition) is 1. The second kappa shape index (κ2) is 8.85. The molecule has 2 aromatic heterocycles. The number of aromatic nitrogens is 4. The predicted octanol–water partition coefficient (Wildman–Crippen LogP) is 2.72. The molecule has 0 bridgehead atoms. The largest absolute Gasteiger partial charge is 0.508 e. The Bertz CT molecular complexity index is 1100. The molecule has 4 heterocycles. The number of imidazole rings is 1. The quantitative estimate of drug-likeness (QED) is 0.475. The highest BCUT2D eigenvalue weighted by atomic mass is 19.1. The zero-order chi connectivity index (χ0) is 23.9. The van der Waals surface area contributed by atoms with E-state index in [1.807, 2.05) is 0 Å². The van der Waals surface area contributed by atoms with Gasteiger partial charge in [-0.3, -0.25) is 4.57 Å². The van der Waals surface area contributed by atoms with Crippen LogP contribution in [-0.2, 0) is 23.7 Å². The maximum Gasteiger partial charge on any atom is 0.508 e. The van der Waals surface area contributed by atoms with Crippen molar-refractivity contribution in [2.45, 2.75) is 57.0 Å². The van der Waals surface area contributed by atoms with Crippen molar-refractivity contribution in [3.05, 3.63) is 12.4 Å². The number of hydrogen-bond acceptors (Lipinski definition) is 11. The summed E-state index contributed by atoms with van der Waals surface area (Å²) in [7, 11) is 0. The lowest BCUT2D eigenvalue weighted by Gasteiger charge is -2.30. The van der Waals surface area contributed by atoms with Crippen LogP contribution in [0.2, 0.25) is 0 Å². The molecule has 2 unspecified atom stereocenters. The average molecular weight is 479 g/mol. The molecule has 184 valence electrons. The molecule has 1 saturated carbocycles. The summed E-state index contributed by atoms with van der Waals surface area (Å²) in [5.41, 5.74) is 4.84. The van der Waals surface area contributed by atoms with Crippen LogP contribution in [0.1, 0.15) is 45.3 Å². The van der Waals surface area contributed by atoms with Crippen molar-refractivity contribution in [2.75, 3.05) is 25.6 Å². The molecule has 34 heavy (non-hydrogen) atoms. The Kier molecular flexibility index (Phi) is 5.88. The van der Waals surface area contributed by atoms with Gasteiger partial charge in [0.2, 0.25) is 0 Å². The lowest BCUT2D eigenvalue weighted by atomic mass is 9.80. The van der Waals surface area contributed by atoms with Gasteiger partial charge in [-0.15, -0.1) is 0 Å². The predicted molar refractivity (Wildman–Crippen MR) is 112 cm³/mol. The number of ether oxygens (including phenoxy) is 5. The summed E-state index contributed by atoms with van der Waals surface area (Å²) < 4.78 is 43.1. The zero-order valence-corrected chi connectivity index (χ0v) is 18.6. The van der Waals surface area contributed by atoms with E-state index in [9.17, 15) is 14.0 Å². The Morgan fingerprint density at radius 3 is 2.53 bits per heavy atom. The van der Waals surface area contributed by atoms with Crippen LogP contribution >= 0.6 is 0 Å². The summed E-state index contributed by atoms with van der Waals surface area (Å²) in [5.74, 6) is 0.0565. The van der Waals surface area contributed by atoms with Crippen molar-refractivity contribution in [3.8, 4) is 0 Å². The fraction of sp³-hybridized carbons (Fsp3) is 0.667. The van der Waals surface area contributed by atoms with E-state index in [0.29, 0.717) is 0 Å². The lowest BCUT2D eigenvalue weighted by Crippen LogP contribution is -2.44. The first-order valence-electron chi connectivity index (χ1n) is 11.3. The highest BCUT2D eigenvalue weighted by Gasteiger charge is 2.50. The van der Waals surface area contributed by atoms with Gasteiger partial charge in [0.05, 0.1) is 19.5 Å². The van der Waals surface area contributed by atoms with Gasteiger partial charge in [0.25, 0.3) is 0 Å². The van der Waals surface area contributed by atoms with Crippen LogP contribution in [0.3, 0.4) is 0 Å². The molecule has 12 nitrogen and oxygen atoms in total. The topological polar surface area (TPSA) is 150 Å². The number of nitrogens with two attached hydrogens (primary N) is 1. The van der Waals surface area contributed by atoms with Crippen LogP contribution in [0.15, 0.2) is 6.33 Å². The first-order chi connectivity index (χ1) is 16.3. The van der Waals surface area contributed by atoms with Crippen molar-refractivity contribution in [3.63, 3.8) is 0 Å². The van der Waals surface area contributed by atoms with Crippen LogP contribution in [0.4, 0.5) is 19.8 Å². The normalized spacial score (nSPS) is 32.6. The Morgan fingerprint density at radius 1 is 1.09 bits per heavy atom. The third kappa shape index (κ3) is 4.31. The molecule has 3 fully saturated rings. The van der Waals surface area contributed by atoms with E-state index in [0.717, 1.165) is 25.7 Å². The third-order valence-electron chi connectivity index (χ3n) is 6.85. The Morgan fingerprint density at radius 2 is 1.79 bits per heavy atom. The number of fused-ring (bicyclic) bond motifs is 3. The molecule has 0 amide bonds. The van der Waals surface area contributed by atoms with Crippen LogP contribution in [0.25, 0.3) is 11.2 Å². The third-order valence-corrected chi connectivity index (χ3v) is 6.85. The minimum absolute atomic E-state index is 0.0752. The smallest absolute Gasteiger partial charge is 0.434 e. The number of nitrogen functional groups attached to an aromatic ring is 1. The van der Waals surface area contributed by atoms with E-state index in [1.54, 1.807) is 6.92 Å². The molecular formula is C21H26FN5O7. The van der Waals surface area contributed by atoms with Crippen molar-refractivity contribution in [2.24, 2.45) is 11.8 Å². The SMILES string of the molecule is C[C@@]12COC(=O)OCC3CCCCC3COC(=O)O[C@H]1C[C@H](n1cnc3c(N)nc(F)nc31)O2. The summed E-state index contributed by atoms with van der Waals surface area (Å²) in [5, 5.41) is 0. The van der Waals surface area contributed by atoms with Crippen molar-refractivity contribution < 1.29 is 37.7 Å². The summed E-state index contributed by atoms with van der Waals surface area (Å²) >= 11 is 0. The Labute approximate surface area is 193 Å². The number of carbonyl (C=O) groups excluding carboxylic acids is 2. The molecule has 2 N–H and O–H groups in total. The van der Waals surface area contributed by atoms with Crippen LogP contribution < -0.4 is 5.73 Å². The van der Waals surface area contributed by atoms with Gasteiger partial charge in [-0.25, -0.2) is 14.6 Å². The fourth-order valence-electron chi connectivity index (χ4n) is 4.93. The van der Waals surface area contributed by atoms with Gasteiger partial charge in [-0.05, 0) is 31.6 Å². The van der Waals surface area contributed by atoms with Gasteiger partial charge >= 0.3 is 18.4 Å². The van der Waals surface area contributed by atoms with E-state index in [-0.39, 0.29) is 55.1 Å². The molecule has 0 aromatic carbocycles. The van der Waals surface area contributed by atoms with Crippen molar-refractivity contribution >= 4 is 29.3 Å². The minimum Gasteiger partial charge on any atom is -0.434 e. The van der Waals surface area contributed by atoms with E-state index in [2.05, 4.69) is 15.0 Å². The molecule has 2 aromatic rings. The average Bonchev–Trinajstić information content (AvgIpc) is 3.36. The maximum absolute atomic E-state index is 13.8. The van der Waals surface area contributed by atoms with Gasteiger partial charge < -0.3 is 29.4 Å². The summed E-state index contributed by atoms with van der Waals surface area (Å²) in [6, 6.07) is 0. The first-order valence-corrected chi connectivity index (χ1v) is 11.3. The lowest BCUT2D eigenvalue weighted by molar-refractivity contribution is -0.127. The van der Waals surface area contributed by atoms with Gasteiger partial charge in [0.15, 0.2) is 17.0 Å². The summed E-state index contributed by atoms with van der Waals surface area (Å²) in [4.78, 5) is 36.2. The van der Waals surface area contributed by atoms with Gasteiger partial charge in [0.1, 0.15) is 24.5 Å². The molecule has 0 spiro atoms. The standard InChI is InChI=1S/C21H26FN5O7/c1-21-9-32-19(28)30-7-11-4-2-3-5-12(11)8-31-20(29)33-13(21)6-14(34-21)27-10-24-15-16(23)25-18(22)26-17(15)27/h10-14H,2-9H2,1H3,(H2,23,25,26)/t11?,12?,13-,14+,21+/m0/s1. The molecule has 0 radical (unpaired) electrons. The summed E-state index contributed by atoms with van der Waals surface area (Å²) in [6.45, 7) is 1.77. The second-order valence-corrected chi connectivity index (χ2v) is 9.14. The fourth-order valence-corrected chi connectivity index (χ4v) is 4.93. The van der Waals surface area contributed by atoms with E-state index in [4.69, 9.17) is 29.4 Å². The maximum atomic E-state index is 13.8. The highest BCUT2D eigenvalue weighted by Crippen LogP contribution is 2.40. The van der Waals surface area contributed by atoms with Crippen LogP contribution in [-0.4, -0.2) is 63.4 Å². The molecule has 5 rings (SSSR count). The summed E-state index contributed by atoms with van der Waals surface area (Å²) in [6.07, 6.45) is 1.07. The van der Waals surface area contributed by atoms with E-state index >= 15 is 0 Å². The molecule has 3 aliphatic rings. The molecule has 2 saturated heterocycles. The van der Waals surface area contributed by atoms with Crippen LogP contribution in [0.5, 0.6) is 0 Å². The van der Waals surface area contributed by atoms with Gasteiger partial charge in [-0.2, -0.15) is 14.4 Å². The van der Waals surface area contributed by atoms with E-state index in [1.165, 1.54) is 10.9 Å². The molecule has 5 atom stereocenters. The Balaban J connectivity index is 1.39. The minimum atomic E-state index is -1.24. The Hall–Kier alpha value is -3.22. The number of anilines is 1. The van der Waals surface area contributed by atoms with Crippen LogP contribution in [0, 0.1) is 17.9 Å². The van der Waals surface area contributed by atoms with Gasteiger partial charge in [0, 0.05) is 6.42 Å². The highest BCUT2D eigenvalue weighted by molar-refractivity contribution is 5.81. The molecular weight excluding hydrogens is 453 g/mol. The number of cyclic esters (lactones) is 3. The number of carbonyl (C=O) groups is 2. The van der Waals surface area contributed by atoms with Crippen molar-refractivity contribution in [1.29, 1.82) is 0 Å². The molecule has 2 aliphatic heterocycles. The molecule has 1 aliphatic carbocycles. The van der Waals surface area contributed by atoms with Crippen molar-refractivity contribution in [1.82, 2.24) is 19.5 Å². The van der Waals surface area contributed by atoms with Gasteiger partial charge in [-0.1, -0.05) is 12.8 Å².